The van der Waals surface area contributed by atoms with E-state index in [-0.39, 0.29) is 0 Å². The molecule has 2 aliphatic heterocycles. The molecule has 0 N–H and O–H groups in total. The predicted molar refractivity (Wildman–Crippen MR) is 96.9 cm³/mol. The third kappa shape index (κ3) is 3.34. The summed E-state index contributed by atoms with van der Waals surface area (Å²) in [4.78, 5) is 5.25. The molecular formula is C21H32N2. The van der Waals surface area contributed by atoms with Gasteiger partial charge >= 0.3 is 0 Å². The Balaban J connectivity index is 1.25. The van der Waals surface area contributed by atoms with E-state index in [0.717, 1.165) is 17.3 Å². The molecule has 1 saturated carbocycles. The van der Waals surface area contributed by atoms with E-state index in [0.29, 0.717) is 0 Å². The molecule has 1 atom stereocenters. The van der Waals surface area contributed by atoms with Crippen LogP contribution in [0.15, 0.2) is 24.3 Å². The third-order valence-electron chi connectivity index (χ3n) is 6.83. The van der Waals surface area contributed by atoms with Crippen LogP contribution in [0.1, 0.15) is 49.1 Å². The summed E-state index contributed by atoms with van der Waals surface area (Å²) in [5, 5.41) is 0. The van der Waals surface area contributed by atoms with Crippen molar-refractivity contribution < 1.29 is 0 Å². The summed E-state index contributed by atoms with van der Waals surface area (Å²) in [6.07, 6.45) is 7.27. The average molecular weight is 313 g/mol. The fraction of sp³-hybridized carbons (Fsp3) is 0.714. The molecule has 1 aromatic rings. The Bertz CT molecular complexity index is 519. The highest BCUT2D eigenvalue weighted by molar-refractivity contribution is 5.25. The Morgan fingerprint density at radius 1 is 1.04 bits per heavy atom. The fourth-order valence-electron chi connectivity index (χ4n) is 5.27. The van der Waals surface area contributed by atoms with E-state index in [2.05, 4.69) is 48.0 Å². The lowest BCUT2D eigenvalue weighted by Crippen LogP contribution is -2.48. The molecule has 3 fully saturated rings. The molecule has 0 aromatic heterocycles. The van der Waals surface area contributed by atoms with Crippen molar-refractivity contribution in [3.05, 3.63) is 35.4 Å². The van der Waals surface area contributed by atoms with Crippen LogP contribution in [0.4, 0.5) is 0 Å². The fourth-order valence-corrected chi connectivity index (χ4v) is 5.27. The monoisotopic (exact) mass is 312 g/mol. The van der Waals surface area contributed by atoms with Gasteiger partial charge in [0.1, 0.15) is 0 Å². The van der Waals surface area contributed by atoms with Crippen LogP contribution in [0.25, 0.3) is 0 Å². The van der Waals surface area contributed by atoms with Crippen LogP contribution in [0.3, 0.4) is 0 Å². The molecule has 2 saturated heterocycles. The van der Waals surface area contributed by atoms with Crippen molar-refractivity contribution in [2.45, 2.75) is 44.9 Å². The van der Waals surface area contributed by atoms with Crippen molar-refractivity contribution >= 4 is 0 Å². The minimum atomic E-state index is 0.743. The van der Waals surface area contributed by atoms with Crippen LogP contribution in [0.2, 0.25) is 0 Å². The SMILES string of the molecule is Cc1ccc(C2CCN(CC3CC4(CCN(C)CC4)C3)C2)cc1. The molecule has 1 aliphatic carbocycles. The maximum absolute atomic E-state index is 2.75. The summed E-state index contributed by atoms with van der Waals surface area (Å²) in [7, 11) is 2.28. The molecule has 23 heavy (non-hydrogen) atoms. The number of hydrogen-bond acceptors (Lipinski definition) is 2. The molecule has 4 rings (SSSR count). The van der Waals surface area contributed by atoms with Gasteiger partial charge in [0, 0.05) is 13.1 Å². The second-order valence-corrected chi connectivity index (χ2v) is 8.73. The lowest BCUT2D eigenvalue weighted by atomic mass is 9.57. The molecule has 0 bridgehead atoms. The smallest absolute Gasteiger partial charge is 0.00509 e. The maximum atomic E-state index is 2.75. The zero-order chi connectivity index (χ0) is 15.9. The van der Waals surface area contributed by atoms with Crippen LogP contribution in [-0.2, 0) is 0 Å². The number of likely N-dealkylation sites (tertiary alicyclic amines) is 2. The van der Waals surface area contributed by atoms with E-state index in [9.17, 15) is 0 Å². The molecule has 126 valence electrons. The maximum Gasteiger partial charge on any atom is 0.00509 e. The molecule has 0 radical (unpaired) electrons. The van der Waals surface area contributed by atoms with Gasteiger partial charge in [-0.3, -0.25) is 0 Å². The van der Waals surface area contributed by atoms with Gasteiger partial charge in [0.25, 0.3) is 0 Å². The third-order valence-corrected chi connectivity index (χ3v) is 6.83. The summed E-state index contributed by atoms with van der Waals surface area (Å²) in [5.74, 6) is 1.75. The Morgan fingerprint density at radius 2 is 1.74 bits per heavy atom. The summed E-state index contributed by atoms with van der Waals surface area (Å²) >= 11 is 0. The Kier molecular flexibility index (Phi) is 4.23. The van der Waals surface area contributed by atoms with Crippen LogP contribution in [-0.4, -0.2) is 49.6 Å². The zero-order valence-electron chi connectivity index (χ0n) is 14.9. The van der Waals surface area contributed by atoms with E-state index in [1.807, 2.05) is 0 Å². The Labute approximate surface area is 141 Å². The molecule has 1 unspecified atom stereocenters. The second-order valence-electron chi connectivity index (χ2n) is 8.73. The van der Waals surface area contributed by atoms with Gasteiger partial charge in [-0.2, -0.15) is 0 Å². The van der Waals surface area contributed by atoms with Crippen molar-refractivity contribution in [2.75, 3.05) is 39.8 Å². The number of hydrogen-bond donors (Lipinski definition) is 0. The molecular weight excluding hydrogens is 280 g/mol. The van der Waals surface area contributed by atoms with E-state index in [1.165, 1.54) is 70.4 Å². The molecule has 1 aromatic carbocycles. The van der Waals surface area contributed by atoms with Gasteiger partial charge in [0.15, 0.2) is 0 Å². The topological polar surface area (TPSA) is 6.48 Å². The quantitative estimate of drug-likeness (QED) is 0.835. The van der Waals surface area contributed by atoms with E-state index in [1.54, 1.807) is 5.56 Å². The molecule has 1 spiro atoms. The molecule has 0 amide bonds. The first kappa shape index (κ1) is 15.7. The summed E-state index contributed by atoms with van der Waals surface area (Å²) in [6.45, 7) is 8.79. The lowest BCUT2D eigenvalue weighted by Gasteiger charge is -2.52. The highest BCUT2D eigenvalue weighted by Gasteiger charge is 2.45. The highest BCUT2D eigenvalue weighted by Crippen LogP contribution is 2.52. The van der Waals surface area contributed by atoms with Gasteiger partial charge in [0.2, 0.25) is 0 Å². The van der Waals surface area contributed by atoms with Gasteiger partial charge in [0.05, 0.1) is 0 Å². The van der Waals surface area contributed by atoms with Gasteiger partial charge in [-0.05, 0) is 88.5 Å². The first-order chi connectivity index (χ1) is 11.1. The second kappa shape index (κ2) is 6.22. The van der Waals surface area contributed by atoms with E-state index < -0.39 is 0 Å². The van der Waals surface area contributed by atoms with Crippen LogP contribution in [0.5, 0.6) is 0 Å². The van der Waals surface area contributed by atoms with Gasteiger partial charge in [-0.1, -0.05) is 29.8 Å². The first-order valence-corrected chi connectivity index (χ1v) is 9.59. The number of aryl methyl sites for hydroxylation is 1. The van der Waals surface area contributed by atoms with Crippen molar-refractivity contribution in [1.82, 2.24) is 9.80 Å². The molecule has 3 aliphatic rings. The van der Waals surface area contributed by atoms with Crippen molar-refractivity contribution in [3.63, 3.8) is 0 Å². The first-order valence-electron chi connectivity index (χ1n) is 9.59. The van der Waals surface area contributed by atoms with Crippen molar-refractivity contribution in [1.29, 1.82) is 0 Å². The number of benzene rings is 1. The summed E-state index contributed by atoms with van der Waals surface area (Å²) in [6, 6.07) is 9.24. The van der Waals surface area contributed by atoms with Gasteiger partial charge in [-0.15, -0.1) is 0 Å². The van der Waals surface area contributed by atoms with E-state index in [4.69, 9.17) is 0 Å². The van der Waals surface area contributed by atoms with Crippen molar-refractivity contribution in [2.24, 2.45) is 11.3 Å². The number of piperidine rings is 1. The number of rotatable bonds is 3. The highest BCUT2D eigenvalue weighted by atomic mass is 15.2. The molecule has 2 heterocycles. The Morgan fingerprint density at radius 3 is 2.43 bits per heavy atom. The van der Waals surface area contributed by atoms with Crippen LogP contribution >= 0.6 is 0 Å². The normalized spacial score (nSPS) is 29.0. The zero-order valence-corrected chi connectivity index (χ0v) is 14.9. The summed E-state index contributed by atoms with van der Waals surface area (Å²) < 4.78 is 0. The summed E-state index contributed by atoms with van der Waals surface area (Å²) in [5.41, 5.74) is 3.67. The number of nitrogens with zero attached hydrogens (tertiary/aromatic N) is 2. The van der Waals surface area contributed by atoms with Gasteiger partial charge in [-0.25, -0.2) is 0 Å². The largest absolute Gasteiger partial charge is 0.306 e. The van der Waals surface area contributed by atoms with E-state index >= 15 is 0 Å². The lowest BCUT2D eigenvalue weighted by molar-refractivity contribution is -0.0183. The average Bonchev–Trinajstić information content (AvgIpc) is 2.97. The van der Waals surface area contributed by atoms with Crippen molar-refractivity contribution in [3.8, 4) is 0 Å². The standard InChI is InChI=1S/C21H32N2/c1-17-3-5-19(6-4-17)20-7-10-23(16-20)15-18-13-21(14-18)8-11-22(2)12-9-21/h3-6,18,20H,7-16H2,1-2H3. The van der Waals surface area contributed by atoms with Gasteiger partial charge < -0.3 is 9.80 Å². The van der Waals surface area contributed by atoms with Crippen LogP contribution in [0, 0.1) is 18.3 Å². The molecule has 2 nitrogen and oxygen atoms in total. The minimum absolute atomic E-state index is 0.743. The molecule has 2 heteroatoms. The predicted octanol–water partition coefficient (Wildman–Crippen LogP) is 3.91. The Hall–Kier alpha value is -0.860. The minimum Gasteiger partial charge on any atom is -0.306 e. The van der Waals surface area contributed by atoms with Crippen LogP contribution < -0.4 is 0 Å².